The molecule has 0 unspecified atom stereocenters. The van der Waals surface area contributed by atoms with E-state index >= 15 is 0 Å². The summed E-state index contributed by atoms with van der Waals surface area (Å²) in [5.74, 6) is 0.500. The number of ether oxygens (including phenoxy) is 3. The molecule has 0 aromatic heterocycles. The van der Waals surface area contributed by atoms with Gasteiger partial charge in [0.1, 0.15) is 0 Å². The van der Waals surface area contributed by atoms with Crippen LogP contribution >= 0.6 is 0 Å². The van der Waals surface area contributed by atoms with Crippen LogP contribution in [0.2, 0.25) is 0 Å². The Balaban J connectivity index is 2.14. The summed E-state index contributed by atoms with van der Waals surface area (Å²) in [5.41, 5.74) is 1.25. The fourth-order valence-corrected chi connectivity index (χ4v) is 2.69. The summed E-state index contributed by atoms with van der Waals surface area (Å²) in [6.07, 6.45) is 0.711. The summed E-state index contributed by atoms with van der Waals surface area (Å²) in [6.45, 7) is 5.76. The number of rotatable bonds is 11. The minimum absolute atomic E-state index is 0.251. The molecule has 0 fully saturated rings. The zero-order valence-electron chi connectivity index (χ0n) is 17.1. The molecule has 2 N–H and O–H groups in total. The van der Waals surface area contributed by atoms with Crippen molar-refractivity contribution in [2.24, 2.45) is 0 Å². The Hall–Kier alpha value is -3.06. The minimum Gasteiger partial charge on any atom is -0.490 e. The third kappa shape index (κ3) is 6.50. The van der Waals surface area contributed by atoms with Crippen LogP contribution < -0.4 is 20.1 Å². The molecule has 0 bridgehead atoms. The van der Waals surface area contributed by atoms with Gasteiger partial charge in [-0.15, -0.1) is 0 Å². The molecule has 29 heavy (non-hydrogen) atoms. The molecule has 0 radical (unpaired) electrons. The molecule has 0 atom stereocenters. The van der Waals surface area contributed by atoms with Crippen LogP contribution in [0.3, 0.4) is 0 Å². The fraction of sp³-hybridized carbons (Fsp3) is 0.364. The molecule has 156 valence electrons. The number of hydrogen-bond acceptors (Lipinski definition) is 5. The monoisotopic (exact) mass is 400 g/mol. The number of para-hydroxylation sites is 1. The van der Waals surface area contributed by atoms with E-state index in [9.17, 15) is 9.59 Å². The maximum Gasteiger partial charge on any atom is 0.255 e. The number of benzene rings is 2. The van der Waals surface area contributed by atoms with Crippen molar-refractivity contribution >= 4 is 17.5 Å². The number of methoxy groups -OCH3 is 1. The summed E-state index contributed by atoms with van der Waals surface area (Å²) >= 11 is 0. The molecular weight excluding hydrogens is 372 g/mol. The summed E-state index contributed by atoms with van der Waals surface area (Å²) in [7, 11) is 1.62. The van der Waals surface area contributed by atoms with Crippen LogP contribution in [-0.2, 0) is 4.74 Å². The first kappa shape index (κ1) is 22.2. The van der Waals surface area contributed by atoms with Crippen molar-refractivity contribution in [1.82, 2.24) is 5.32 Å². The molecule has 7 nitrogen and oxygen atoms in total. The molecule has 0 saturated heterocycles. The van der Waals surface area contributed by atoms with E-state index in [-0.39, 0.29) is 11.8 Å². The highest BCUT2D eigenvalue weighted by Crippen LogP contribution is 2.29. The van der Waals surface area contributed by atoms with Gasteiger partial charge < -0.3 is 24.8 Å². The van der Waals surface area contributed by atoms with Crippen LogP contribution in [0.4, 0.5) is 5.69 Å². The van der Waals surface area contributed by atoms with Gasteiger partial charge in [0.05, 0.1) is 24.5 Å². The molecular formula is C22H28N2O5. The zero-order chi connectivity index (χ0) is 21.1. The Morgan fingerprint density at radius 2 is 1.66 bits per heavy atom. The maximum absolute atomic E-state index is 12.8. The third-order valence-electron chi connectivity index (χ3n) is 4.04. The quantitative estimate of drug-likeness (QED) is 0.564. The smallest absolute Gasteiger partial charge is 0.255 e. The zero-order valence-corrected chi connectivity index (χ0v) is 17.1. The van der Waals surface area contributed by atoms with Crippen molar-refractivity contribution in [2.75, 3.05) is 38.8 Å². The molecule has 0 heterocycles. The number of amides is 2. The van der Waals surface area contributed by atoms with E-state index in [0.717, 1.165) is 0 Å². The fourth-order valence-electron chi connectivity index (χ4n) is 2.69. The summed E-state index contributed by atoms with van der Waals surface area (Å²) < 4.78 is 16.1. The Bertz CT molecular complexity index is 823. The molecule has 0 aliphatic heterocycles. The molecule has 2 rings (SSSR count). The van der Waals surface area contributed by atoms with E-state index in [1.54, 1.807) is 49.6 Å². The molecule has 0 spiro atoms. The summed E-state index contributed by atoms with van der Waals surface area (Å²) in [4.78, 5) is 25.2. The highest BCUT2D eigenvalue weighted by Gasteiger charge is 2.16. The predicted molar refractivity (Wildman–Crippen MR) is 112 cm³/mol. The van der Waals surface area contributed by atoms with Gasteiger partial charge in [0.2, 0.25) is 0 Å². The number of anilines is 1. The number of carbonyl (C=O) groups is 2. The van der Waals surface area contributed by atoms with Gasteiger partial charge in [-0.2, -0.15) is 0 Å². The Morgan fingerprint density at radius 1 is 0.931 bits per heavy atom. The van der Waals surface area contributed by atoms with Crippen molar-refractivity contribution < 1.29 is 23.8 Å². The number of hydrogen-bond donors (Lipinski definition) is 2. The van der Waals surface area contributed by atoms with Crippen LogP contribution in [0.1, 0.15) is 41.0 Å². The molecule has 0 aliphatic rings. The van der Waals surface area contributed by atoms with Crippen LogP contribution in [0.25, 0.3) is 0 Å². The minimum atomic E-state index is -0.339. The second-order valence-corrected chi connectivity index (χ2v) is 6.13. The van der Waals surface area contributed by atoms with Gasteiger partial charge in [0, 0.05) is 25.8 Å². The molecule has 2 aromatic rings. The lowest BCUT2D eigenvalue weighted by Crippen LogP contribution is -2.26. The Labute approximate surface area is 171 Å². The molecule has 2 amide bonds. The highest BCUT2D eigenvalue weighted by atomic mass is 16.5. The molecule has 0 saturated carbocycles. The topological polar surface area (TPSA) is 85.9 Å². The lowest BCUT2D eigenvalue weighted by Gasteiger charge is -2.14. The number of nitrogens with one attached hydrogen (secondary N) is 2. The van der Waals surface area contributed by atoms with Gasteiger partial charge in [0.25, 0.3) is 11.8 Å². The lowest BCUT2D eigenvalue weighted by atomic mass is 10.1. The van der Waals surface area contributed by atoms with E-state index in [2.05, 4.69) is 10.6 Å². The molecule has 0 aliphatic carbocycles. The van der Waals surface area contributed by atoms with Crippen molar-refractivity contribution in [3.8, 4) is 11.5 Å². The van der Waals surface area contributed by atoms with Gasteiger partial charge in [-0.1, -0.05) is 12.1 Å². The van der Waals surface area contributed by atoms with E-state index in [4.69, 9.17) is 14.2 Å². The average molecular weight is 400 g/mol. The second-order valence-electron chi connectivity index (χ2n) is 6.13. The van der Waals surface area contributed by atoms with E-state index in [1.165, 1.54) is 0 Å². The van der Waals surface area contributed by atoms with Crippen LogP contribution in [0, 0.1) is 0 Å². The van der Waals surface area contributed by atoms with Gasteiger partial charge >= 0.3 is 0 Å². The van der Waals surface area contributed by atoms with Crippen molar-refractivity contribution in [3.05, 3.63) is 53.6 Å². The van der Waals surface area contributed by atoms with Crippen molar-refractivity contribution in [2.45, 2.75) is 20.3 Å². The van der Waals surface area contributed by atoms with E-state index in [0.29, 0.717) is 61.1 Å². The van der Waals surface area contributed by atoms with Crippen LogP contribution in [0.15, 0.2) is 42.5 Å². The standard InChI is InChI=1S/C22H28N2O5/c1-4-28-19-12-11-16(15-20(19)29-5-2)21(25)24-18-10-7-6-9-17(18)22(26)23-13-8-14-27-3/h6-7,9-12,15H,4-5,8,13-14H2,1-3H3,(H,23,26)(H,24,25). The van der Waals surface area contributed by atoms with Crippen molar-refractivity contribution in [3.63, 3.8) is 0 Å². The van der Waals surface area contributed by atoms with E-state index < -0.39 is 0 Å². The third-order valence-corrected chi connectivity index (χ3v) is 4.04. The highest BCUT2D eigenvalue weighted by molar-refractivity contribution is 6.09. The first-order valence-electron chi connectivity index (χ1n) is 9.67. The number of carbonyl (C=O) groups excluding carboxylic acids is 2. The maximum atomic E-state index is 12.8. The SMILES string of the molecule is CCOc1ccc(C(=O)Nc2ccccc2C(=O)NCCCOC)cc1OCC. The van der Waals surface area contributed by atoms with Gasteiger partial charge in [0.15, 0.2) is 11.5 Å². The summed E-state index contributed by atoms with van der Waals surface area (Å²) in [6, 6.07) is 11.9. The molecule has 7 heteroatoms. The lowest BCUT2D eigenvalue weighted by molar-refractivity contribution is 0.0949. The first-order valence-corrected chi connectivity index (χ1v) is 9.67. The van der Waals surface area contributed by atoms with Crippen LogP contribution in [0.5, 0.6) is 11.5 Å². The first-order chi connectivity index (χ1) is 14.1. The normalized spacial score (nSPS) is 10.3. The Kier molecular flexibility index (Phi) is 8.98. The average Bonchev–Trinajstić information content (AvgIpc) is 2.73. The second kappa shape index (κ2) is 11.7. The van der Waals surface area contributed by atoms with Crippen LogP contribution in [-0.4, -0.2) is 45.3 Å². The molecule has 2 aromatic carbocycles. The van der Waals surface area contributed by atoms with Gasteiger partial charge in [-0.25, -0.2) is 0 Å². The Morgan fingerprint density at radius 3 is 2.38 bits per heavy atom. The predicted octanol–water partition coefficient (Wildman–Crippen LogP) is 3.50. The van der Waals surface area contributed by atoms with E-state index in [1.807, 2.05) is 13.8 Å². The van der Waals surface area contributed by atoms with Gasteiger partial charge in [-0.05, 0) is 50.6 Å². The largest absolute Gasteiger partial charge is 0.490 e. The summed E-state index contributed by atoms with van der Waals surface area (Å²) in [5, 5.41) is 5.64. The van der Waals surface area contributed by atoms with Crippen molar-refractivity contribution in [1.29, 1.82) is 0 Å². The van der Waals surface area contributed by atoms with Gasteiger partial charge in [-0.3, -0.25) is 9.59 Å².